The van der Waals surface area contributed by atoms with Crippen LogP contribution < -0.4 is 5.32 Å². The van der Waals surface area contributed by atoms with E-state index in [1.807, 2.05) is 6.92 Å². The monoisotopic (exact) mass is 306 g/mol. The zero-order valence-corrected chi connectivity index (χ0v) is 12.7. The van der Waals surface area contributed by atoms with E-state index < -0.39 is 26.6 Å². The van der Waals surface area contributed by atoms with E-state index in [9.17, 15) is 17.2 Å². The normalized spacial score (nSPS) is 12.1. The molecule has 0 amide bonds. The van der Waals surface area contributed by atoms with Crippen molar-refractivity contribution in [2.75, 3.05) is 19.6 Å². The maximum atomic E-state index is 13.8. The van der Waals surface area contributed by atoms with Gasteiger partial charge >= 0.3 is 0 Å². The van der Waals surface area contributed by atoms with E-state index in [0.717, 1.165) is 10.4 Å². The summed E-state index contributed by atoms with van der Waals surface area (Å²) in [4.78, 5) is -0.603. The van der Waals surface area contributed by atoms with E-state index in [0.29, 0.717) is 12.1 Å². The van der Waals surface area contributed by atoms with E-state index in [1.165, 1.54) is 6.07 Å². The predicted molar refractivity (Wildman–Crippen MR) is 73.8 cm³/mol. The van der Waals surface area contributed by atoms with Crippen LogP contribution in [0.3, 0.4) is 0 Å². The van der Waals surface area contributed by atoms with Gasteiger partial charge < -0.3 is 5.32 Å². The SMILES string of the molecule is CCNCc1cc(F)c(F)c(S(=O)(=O)N(CC)CC)c1. The molecular formula is C13H20F2N2O2S. The Morgan fingerprint density at radius 2 is 1.75 bits per heavy atom. The molecule has 1 N–H and O–H groups in total. The summed E-state index contributed by atoms with van der Waals surface area (Å²) in [5.74, 6) is -2.47. The molecule has 1 rings (SSSR count). The lowest BCUT2D eigenvalue weighted by Gasteiger charge is -2.19. The molecule has 0 spiro atoms. The quantitative estimate of drug-likeness (QED) is 0.839. The molecule has 0 bridgehead atoms. The van der Waals surface area contributed by atoms with Crippen LogP contribution in [0.5, 0.6) is 0 Å². The molecule has 1 aromatic rings. The molecule has 7 heteroatoms. The molecule has 0 fully saturated rings. The molecule has 0 heterocycles. The molecule has 0 saturated carbocycles. The topological polar surface area (TPSA) is 49.4 Å². The molecule has 0 atom stereocenters. The number of hydrogen-bond donors (Lipinski definition) is 1. The predicted octanol–water partition coefficient (Wildman–Crippen LogP) is 2.10. The molecule has 20 heavy (non-hydrogen) atoms. The fourth-order valence-electron chi connectivity index (χ4n) is 1.88. The van der Waals surface area contributed by atoms with Crippen molar-refractivity contribution in [2.45, 2.75) is 32.2 Å². The summed E-state index contributed by atoms with van der Waals surface area (Å²) < 4.78 is 53.1. The van der Waals surface area contributed by atoms with Crippen molar-refractivity contribution in [1.29, 1.82) is 0 Å². The molecule has 1 aromatic carbocycles. The van der Waals surface area contributed by atoms with Gasteiger partial charge in [-0.15, -0.1) is 0 Å². The first-order chi connectivity index (χ1) is 9.38. The Labute approximate surface area is 118 Å². The van der Waals surface area contributed by atoms with Gasteiger partial charge in [0.2, 0.25) is 10.0 Å². The van der Waals surface area contributed by atoms with Crippen LogP contribution in [-0.4, -0.2) is 32.4 Å². The minimum Gasteiger partial charge on any atom is -0.313 e. The number of rotatable bonds is 7. The zero-order chi connectivity index (χ0) is 15.3. The van der Waals surface area contributed by atoms with Crippen LogP contribution in [0.4, 0.5) is 8.78 Å². The third-order valence-corrected chi connectivity index (χ3v) is 5.01. The van der Waals surface area contributed by atoms with Crippen molar-refractivity contribution < 1.29 is 17.2 Å². The summed E-state index contributed by atoms with van der Waals surface area (Å²) in [5, 5.41) is 2.95. The highest BCUT2D eigenvalue weighted by Gasteiger charge is 2.27. The lowest BCUT2D eigenvalue weighted by molar-refractivity contribution is 0.431. The van der Waals surface area contributed by atoms with Crippen molar-refractivity contribution in [2.24, 2.45) is 0 Å². The maximum Gasteiger partial charge on any atom is 0.246 e. The smallest absolute Gasteiger partial charge is 0.246 e. The molecule has 0 unspecified atom stereocenters. The Balaban J connectivity index is 3.32. The fourth-order valence-corrected chi connectivity index (χ4v) is 3.46. The van der Waals surface area contributed by atoms with Gasteiger partial charge in [0, 0.05) is 19.6 Å². The lowest BCUT2D eigenvalue weighted by Crippen LogP contribution is -2.31. The molecule has 114 valence electrons. The minimum absolute atomic E-state index is 0.206. The second kappa shape index (κ2) is 7.10. The minimum atomic E-state index is -4.01. The molecule has 0 aromatic heterocycles. The van der Waals surface area contributed by atoms with E-state index in [1.54, 1.807) is 13.8 Å². The third kappa shape index (κ3) is 3.53. The van der Waals surface area contributed by atoms with Crippen LogP contribution in [-0.2, 0) is 16.6 Å². The van der Waals surface area contributed by atoms with Crippen molar-refractivity contribution >= 4 is 10.0 Å². The van der Waals surface area contributed by atoms with E-state index in [2.05, 4.69) is 5.32 Å². The van der Waals surface area contributed by atoms with Gasteiger partial charge in [0.25, 0.3) is 0 Å². The van der Waals surface area contributed by atoms with Gasteiger partial charge in [-0.3, -0.25) is 0 Å². The molecule has 0 saturated heterocycles. The summed E-state index contributed by atoms with van der Waals surface area (Å²) in [7, 11) is -4.01. The zero-order valence-electron chi connectivity index (χ0n) is 11.9. The van der Waals surface area contributed by atoms with E-state index >= 15 is 0 Å². The fraction of sp³-hybridized carbons (Fsp3) is 0.538. The van der Waals surface area contributed by atoms with Crippen LogP contribution in [0.1, 0.15) is 26.3 Å². The van der Waals surface area contributed by atoms with Crippen LogP contribution in [0.2, 0.25) is 0 Å². The number of sulfonamides is 1. The van der Waals surface area contributed by atoms with Crippen molar-refractivity contribution in [3.8, 4) is 0 Å². The number of benzene rings is 1. The van der Waals surface area contributed by atoms with Gasteiger partial charge in [-0.25, -0.2) is 17.2 Å². The van der Waals surface area contributed by atoms with Gasteiger partial charge in [-0.05, 0) is 24.2 Å². The van der Waals surface area contributed by atoms with E-state index in [4.69, 9.17) is 0 Å². The first kappa shape index (κ1) is 17.0. The van der Waals surface area contributed by atoms with Gasteiger partial charge in [0.05, 0.1) is 0 Å². The van der Waals surface area contributed by atoms with Gasteiger partial charge in [-0.2, -0.15) is 4.31 Å². The molecule has 0 aliphatic carbocycles. The molecule has 4 nitrogen and oxygen atoms in total. The summed E-state index contributed by atoms with van der Waals surface area (Å²) in [6, 6.07) is 2.20. The average Bonchev–Trinajstić information content (AvgIpc) is 2.40. The summed E-state index contributed by atoms with van der Waals surface area (Å²) >= 11 is 0. The average molecular weight is 306 g/mol. The summed E-state index contributed by atoms with van der Waals surface area (Å²) in [5.41, 5.74) is 0.400. The standard InChI is InChI=1S/C13H20F2N2O2S/c1-4-16-9-10-7-11(14)13(15)12(8-10)20(18,19)17(5-2)6-3/h7-8,16H,4-6,9H2,1-3H3. The number of hydrogen-bond acceptors (Lipinski definition) is 3. The maximum absolute atomic E-state index is 13.8. The second-order valence-electron chi connectivity index (χ2n) is 4.26. The summed E-state index contributed by atoms with van der Waals surface area (Å²) in [6.45, 7) is 6.52. The number of nitrogens with zero attached hydrogens (tertiary/aromatic N) is 1. The molecule has 0 aliphatic rings. The molecule has 0 radical (unpaired) electrons. The Hall–Kier alpha value is -1.05. The Bertz CT molecular complexity index is 558. The highest BCUT2D eigenvalue weighted by atomic mass is 32.2. The van der Waals surface area contributed by atoms with Crippen molar-refractivity contribution in [3.63, 3.8) is 0 Å². The second-order valence-corrected chi connectivity index (χ2v) is 6.17. The first-order valence-electron chi connectivity index (χ1n) is 6.57. The van der Waals surface area contributed by atoms with Gasteiger partial charge in [-0.1, -0.05) is 20.8 Å². The molecular weight excluding hydrogens is 286 g/mol. The Morgan fingerprint density at radius 1 is 1.15 bits per heavy atom. The number of halogens is 2. The third-order valence-electron chi connectivity index (χ3n) is 2.96. The lowest BCUT2D eigenvalue weighted by atomic mass is 10.2. The van der Waals surface area contributed by atoms with Crippen molar-refractivity contribution in [1.82, 2.24) is 9.62 Å². The first-order valence-corrected chi connectivity index (χ1v) is 8.01. The highest BCUT2D eigenvalue weighted by molar-refractivity contribution is 7.89. The highest BCUT2D eigenvalue weighted by Crippen LogP contribution is 2.23. The van der Waals surface area contributed by atoms with Crippen LogP contribution in [0.15, 0.2) is 17.0 Å². The number of nitrogens with one attached hydrogen (secondary N) is 1. The van der Waals surface area contributed by atoms with Crippen molar-refractivity contribution in [3.05, 3.63) is 29.3 Å². The molecule has 0 aliphatic heterocycles. The van der Waals surface area contributed by atoms with Crippen LogP contribution in [0.25, 0.3) is 0 Å². The van der Waals surface area contributed by atoms with Gasteiger partial charge in [0.15, 0.2) is 11.6 Å². The Morgan fingerprint density at radius 3 is 2.25 bits per heavy atom. The van der Waals surface area contributed by atoms with Gasteiger partial charge in [0.1, 0.15) is 4.90 Å². The largest absolute Gasteiger partial charge is 0.313 e. The Kier molecular flexibility index (Phi) is 6.04. The van der Waals surface area contributed by atoms with Crippen LogP contribution in [0, 0.1) is 11.6 Å². The van der Waals surface area contributed by atoms with E-state index in [-0.39, 0.29) is 19.6 Å². The van der Waals surface area contributed by atoms with Crippen LogP contribution >= 0.6 is 0 Å². The summed E-state index contributed by atoms with van der Waals surface area (Å²) in [6.07, 6.45) is 0.